The van der Waals surface area contributed by atoms with Gasteiger partial charge in [0.25, 0.3) is 0 Å². The summed E-state index contributed by atoms with van der Waals surface area (Å²) < 4.78 is 1.99. The highest BCUT2D eigenvalue weighted by Crippen LogP contribution is 2.56. The molecule has 3 rings (SSSR count). The Morgan fingerprint density at radius 3 is 2.91 bits per heavy atom. The molecule has 1 aliphatic heterocycles. The maximum Gasteiger partial charge on any atom is 0.240 e. The lowest BCUT2D eigenvalue weighted by atomic mass is 9.93. The Kier molecular flexibility index (Phi) is 4.73. The average Bonchev–Trinajstić information content (AvgIpc) is 3.06. The van der Waals surface area contributed by atoms with E-state index < -0.39 is 0 Å². The van der Waals surface area contributed by atoms with Crippen molar-refractivity contribution in [1.82, 2.24) is 19.8 Å². The summed E-state index contributed by atoms with van der Waals surface area (Å²) in [6, 6.07) is -0.0589. The molecule has 6 heteroatoms. The van der Waals surface area contributed by atoms with E-state index in [1.165, 1.54) is 0 Å². The number of hydrogen-bond acceptors (Lipinski definition) is 4. The van der Waals surface area contributed by atoms with Crippen molar-refractivity contribution in [3.63, 3.8) is 0 Å². The first kappa shape index (κ1) is 16.5. The Labute approximate surface area is 138 Å². The third-order valence-electron chi connectivity index (χ3n) is 5.55. The fourth-order valence-corrected chi connectivity index (χ4v) is 3.92. The maximum absolute atomic E-state index is 12.9. The molecule has 23 heavy (non-hydrogen) atoms. The number of nitrogens with zero attached hydrogens (tertiary/aromatic N) is 3. The predicted molar refractivity (Wildman–Crippen MR) is 89.6 cm³/mol. The molecule has 2 atom stereocenters. The smallest absolute Gasteiger partial charge is 0.240 e. The Bertz CT molecular complexity index is 549. The number of hydrogen-bond donors (Lipinski definition) is 2. The molecule has 1 spiro atoms. The Morgan fingerprint density at radius 2 is 2.30 bits per heavy atom. The van der Waals surface area contributed by atoms with Crippen LogP contribution in [-0.2, 0) is 18.4 Å². The molecule has 0 aromatic carbocycles. The van der Waals surface area contributed by atoms with Gasteiger partial charge in [0.1, 0.15) is 5.82 Å². The van der Waals surface area contributed by atoms with E-state index in [2.05, 4.69) is 17.2 Å². The van der Waals surface area contributed by atoms with Crippen molar-refractivity contribution in [3.8, 4) is 0 Å². The van der Waals surface area contributed by atoms with Gasteiger partial charge in [-0.1, -0.05) is 13.3 Å². The van der Waals surface area contributed by atoms with Crippen molar-refractivity contribution >= 4 is 5.91 Å². The third-order valence-corrected chi connectivity index (χ3v) is 5.55. The van der Waals surface area contributed by atoms with E-state index in [4.69, 9.17) is 5.73 Å². The average molecular weight is 319 g/mol. The molecule has 3 N–H and O–H groups in total. The van der Waals surface area contributed by atoms with Gasteiger partial charge in [-0.15, -0.1) is 0 Å². The summed E-state index contributed by atoms with van der Waals surface area (Å²) in [6.45, 7) is 4.76. The van der Waals surface area contributed by atoms with Gasteiger partial charge >= 0.3 is 0 Å². The zero-order valence-corrected chi connectivity index (χ0v) is 14.3. The number of amides is 1. The first-order valence-corrected chi connectivity index (χ1v) is 8.80. The van der Waals surface area contributed by atoms with Crippen LogP contribution in [0, 0.1) is 5.41 Å². The number of aryl methyl sites for hydroxylation is 1. The van der Waals surface area contributed by atoms with Crippen LogP contribution in [0.15, 0.2) is 12.4 Å². The maximum atomic E-state index is 12.9. The lowest BCUT2D eigenvalue weighted by Gasteiger charge is -2.31. The molecule has 1 aromatic heterocycles. The zero-order valence-electron chi connectivity index (χ0n) is 14.3. The van der Waals surface area contributed by atoms with Gasteiger partial charge in [0.15, 0.2) is 0 Å². The SMILES string of the molecule is CCC[C@H](N)C(=O)N(Cc1nccn1C)[C@@H]1CC12CCNCC2. The number of aromatic nitrogens is 2. The highest BCUT2D eigenvalue weighted by Gasteiger charge is 2.58. The first-order chi connectivity index (χ1) is 11.1. The van der Waals surface area contributed by atoms with E-state index in [0.717, 1.165) is 51.0 Å². The van der Waals surface area contributed by atoms with Gasteiger partial charge in [-0.05, 0) is 44.2 Å². The van der Waals surface area contributed by atoms with Crippen LogP contribution < -0.4 is 11.1 Å². The van der Waals surface area contributed by atoms with Crippen LogP contribution in [0.4, 0.5) is 0 Å². The second-order valence-corrected chi connectivity index (χ2v) is 7.15. The molecule has 6 nitrogen and oxygen atoms in total. The molecule has 1 saturated heterocycles. The minimum Gasteiger partial charge on any atom is -0.337 e. The Balaban J connectivity index is 1.76. The van der Waals surface area contributed by atoms with Gasteiger partial charge < -0.3 is 20.5 Å². The van der Waals surface area contributed by atoms with Gasteiger partial charge in [0.05, 0.1) is 12.6 Å². The standard InChI is InChI=1S/C17H29N5O/c1-3-4-13(18)16(23)22(12-15-20-9-10-21(15)2)14-11-17(14)5-7-19-8-6-17/h9-10,13-14,19H,3-8,11-12,18H2,1-2H3/t13-,14+/m0/s1. The molecular weight excluding hydrogens is 290 g/mol. The van der Waals surface area contributed by atoms with E-state index >= 15 is 0 Å². The summed E-state index contributed by atoms with van der Waals surface area (Å²) in [5, 5.41) is 3.42. The predicted octanol–water partition coefficient (Wildman–Crippen LogP) is 1.02. The number of imidazole rings is 1. The number of carbonyl (C=O) groups is 1. The summed E-state index contributed by atoms with van der Waals surface area (Å²) >= 11 is 0. The van der Waals surface area contributed by atoms with Crippen molar-refractivity contribution in [2.24, 2.45) is 18.2 Å². The minimum atomic E-state index is -0.389. The monoisotopic (exact) mass is 319 g/mol. The molecule has 2 fully saturated rings. The summed E-state index contributed by atoms with van der Waals surface area (Å²) in [7, 11) is 1.98. The van der Waals surface area contributed by atoms with Crippen LogP contribution in [-0.4, -0.2) is 45.5 Å². The van der Waals surface area contributed by atoms with Crippen molar-refractivity contribution in [2.75, 3.05) is 13.1 Å². The van der Waals surface area contributed by atoms with Crippen molar-refractivity contribution in [3.05, 3.63) is 18.2 Å². The first-order valence-electron chi connectivity index (χ1n) is 8.80. The Morgan fingerprint density at radius 1 is 1.57 bits per heavy atom. The zero-order chi connectivity index (χ0) is 16.4. The largest absolute Gasteiger partial charge is 0.337 e. The molecule has 1 aromatic rings. The quantitative estimate of drug-likeness (QED) is 0.821. The minimum absolute atomic E-state index is 0.0928. The van der Waals surface area contributed by atoms with Crippen LogP contribution in [0.5, 0.6) is 0 Å². The lowest BCUT2D eigenvalue weighted by molar-refractivity contribution is -0.134. The van der Waals surface area contributed by atoms with Gasteiger partial charge in [-0.25, -0.2) is 4.98 Å². The van der Waals surface area contributed by atoms with Gasteiger partial charge in [-0.2, -0.15) is 0 Å². The highest BCUT2D eigenvalue weighted by molar-refractivity contribution is 5.82. The van der Waals surface area contributed by atoms with Crippen LogP contribution in [0.2, 0.25) is 0 Å². The molecule has 0 unspecified atom stereocenters. The number of rotatable bonds is 6. The second kappa shape index (κ2) is 6.61. The molecule has 1 amide bonds. The van der Waals surface area contributed by atoms with Crippen molar-refractivity contribution < 1.29 is 4.79 Å². The van der Waals surface area contributed by atoms with E-state index in [0.29, 0.717) is 18.0 Å². The molecule has 1 saturated carbocycles. The van der Waals surface area contributed by atoms with Crippen LogP contribution in [0.25, 0.3) is 0 Å². The molecule has 1 aliphatic carbocycles. The summed E-state index contributed by atoms with van der Waals surface area (Å²) in [6.07, 6.45) is 8.83. The van der Waals surface area contributed by atoms with E-state index in [1.807, 2.05) is 22.7 Å². The Hall–Kier alpha value is -1.40. The van der Waals surface area contributed by atoms with Gasteiger partial charge in [0.2, 0.25) is 5.91 Å². The summed E-state index contributed by atoms with van der Waals surface area (Å²) in [5.74, 6) is 1.02. The van der Waals surface area contributed by atoms with E-state index in [-0.39, 0.29) is 11.9 Å². The van der Waals surface area contributed by atoms with Crippen LogP contribution >= 0.6 is 0 Å². The summed E-state index contributed by atoms with van der Waals surface area (Å²) in [4.78, 5) is 19.4. The number of piperidine rings is 1. The molecule has 0 radical (unpaired) electrons. The number of nitrogens with two attached hydrogens (primary N) is 1. The molecule has 0 bridgehead atoms. The normalized spacial score (nSPS) is 23.7. The molecule has 128 valence electrons. The lowest BCUT2D eigenvalue weighted by Crippen LogP contribution is -2.47. The van der Waals surface area contributed by atoms with E-state index in [1.54, 1.807) is 6.20 Å². The van der Waals surface area contributed by atoms with Gasteiger partial charge in [-0.3, -0.25) is 4.79 Å². The fraction of sp³-hybridized carbons (Fsp3) is 0.765. The molecular formula is C17H29N5O. The molecule has 2 aliphatic rings. The second-order valence-electron chi connectivity index (χ2n) is 7.15. The fourth-order valence-electron chi connectivity index (χ4n) is 3.92. The molecule has 2 heterocycles. The van der Waals surface area contributed by atoms with Crippen molar-refractivity contribution in [1.29, 1.82) is 0 Å². The summed E-state index contributed by atoms with van der Waals surface area (Å²) in [5.41, 5.74) is 6.47. The van der Waals surface area contributed by atoms with Gasteiger partial charge in [0, 0.05) is 25.5 Å². The highest BCUT2D eigenvalue weighted by atomic mass is 16.2. The van der Waals surface area contributed by atoms with E-state index in [9.17, 15) is 4.79 Å². The third kappa shape index (κ3) is 3.28. The topological polar surface area (TPSA) is 76.2 Å². The van der Waals surface area contributed by atoms with Crippen LogP contribution in [0.1, 0.15) is 44.9 Å². The number of nitrogens with one attached hydrogen (secondary N) is 1. The van der Waals surface area contributed by atoms with Crippen LogP contribution in [0.3, 0.4) is 0 Å². The van der Waals surface area contributed by atoms with Crippen molar-refractivity contribution in [2.45, 2.75) is 57.7 Å². The number of carbonyl (C=O) groups excluding carboxylic acids is 1.